The van der Waals surface area contributed by atoms with Crippen molar-refractivity contribution in [3.05, 3.63) is 35.4 Å². The van der Waals surface area contributed by atoms with Crippen molar-refractivity contribution in [1.82, 2.24) is 15.5 Å². The van der Waals surface area contributed by atoms with Crippen molar-refractivity contribution in [2.75, 3.05) is 20.1 Å². The van der Waals surface area contributed by atoms with Gasteiger partial charge in [-0.2, -0.15) is 0 Å². The van der Waals surface area contributed by atoms with E-state index in [-0.39, 0.29) is 17.5 Å². The maximum Gasteiger partial charge on any atom is 0.335 e. The van der Waals surface area contributed by atoms with Crippen molar-refractivity contribution in [3.8, 4) is 0 Å². The average molecular weight is 293 g/mol. The van der Waals surface area contributed by atoms with Crippen molar-refractivity contribution in [1.29, 1.82) is 0 Å². The molecule has 1 rings (SSSR count). The third-order valence-corrected chi connectivity index (χ3v) is 2.74. The second kappa shape index (κ2) is 7.88. The molecule has 1 aromatic rings. The van der Waals surface area contributed by atoms with Gasteiger partial charge in [-0.1, -0.05) is 12.1 Å². The molecule has 0 bridgehead atoms. The number of carboxylic acid groups (broad SMARTS) is 1. The number of carbonyl (C=O) groups excluding carboxylic acids is 2. The number of hydrogen-bond acceptors (Lipinski definition) is 3. The summed E-state index contributed by atoms with van der Waals surface area (Å²) in [5, 5.41) is 14.0. The molecule has 0 fully saturated rings. The molecule has 3 N–H and O–H groups in total. The molecule has 0 radical (unpaired) electrons. The molecule has 0 saturated heterocycles. The maximum absolute atomic E-state index is 11.8. The Morgan fingerprint density at radius 3 is 2.19 bits per heavy atom. The van der Waals surface area contributed by atoms with E-state index in [1.807, 2.05) is 0 Å². The minimum Gasteiger partial charge on any atom is -0.478 e. The Hall–Kier alpha value is -2.57. The van der Waals surface area contributed by atoms with Gasteiger partial charge < -0.3 is 20.6 Å². The highest BCUT2D eigenvalue weighted by Gasteiger charge is 2.09. The van der Waals surface area contributed by atoms with E-state index in [1.54, 1.807) is 19.2 Å². The topological polar surface area (TPSA) is 98.7 Å². The third-order valence-electron chi connectivity index (χ3n) is 2.74. The van der Waals surface area contributed by atoms with Crippen molar-refractivity contribution in [2.24, 2.45) is 0 Å². The Kier molecular flexibility index (Phi) is 6.19. The molecule has 7 heteroatoms. The van der Waals surface area contributed by atoms with E-state index in [0.717, 1.165) is 5.56 Å². The minimum atomic E-state index is -0.981. The molecular formula is C14H19N3O4. The Bertz CT molecular complexity index is 513. The normalized spacial score (nSPS) is 9.81. The number of rotatable bonds is 6. The highest BCUT2D eigenvalue weighted by molar-refractivity contribution is 5.87. The maximum atomic E-state index is 11.8. The summed E-state index contributed by atoms with van der Waals surface area (Å²) >= 11 is 0. The number of benzene rings is 1. The lowest BCUT2D eigenvalue weighted by molar-refractivity contribution is -0.118. The SMILES string of the molecule is CC(=O)NCCNC(=O)N(C)Cc1ccc(C(=O)O)cc1. The van der Waals surface area contributed by atoms with Crippen molar-refractivity contribution < 1.29 is 19.5 Å². The summed E-state index contributed by atoms with van der Waals surface area (Å²) in [5.41, 5.74) is 1.04. The summed E-state index contributed by atoms with van der Waals surface area (Å²) < 4.78 is 0. The van der Waals surface area contributed by atoms with E-state index < -0.39 is 5.97 Å². The first-order chi connectivity index (χ1) is 9.90. The van der Waals surface area contributed by atoms with E-state index in [1.165, 1.54) is 24.0 Å². The zero-order valence-corrected chi connectivity index (χ0v) is 12.0. The van der Waals surface area contributed by atoms with E-state index in [2.05, 4.69) is 10.6 Å². The molecular weight excluding hydrogens is 274 g/mol. The van der Waals surface area contributed by atoms with E-state index in [4.69, 9.17) is 5.11 Å². The summed E-state index contributed by atoms with van der Waals surface area (Å²) in [6.07, 6.45) is 0. The Labute approximate surface area is 122 Å². The zero-order valence-electron chi connectivity index (χ0n) is 12.0. The lowest BCUT2D eigenvalue weighted by Gasteiger charge is -2.18. The van der Waals surface area contributed by atoms with Crippen LogP contribution in [0.15, 0.2) is 24.3 Å². The number of amides is 3. The van der Waals surface area contributed by atoms with Gasteiger partial charge in [0, 0.05) is 33.6 Å². The van der Waals surface area contributed by atoms with Gasteiger partial charge in [0.15, 0.2) is 0 Å². The molecule has 0 aliphatic rings. The van der Waals surface area contributed by atoms with E-state index in [0.29, 0.717) is 19.6 Å². The van der Waals surface area contributed by atoms with Gasteiger partial charge >= 0.3 is 12.0 Å². The van der Waals surface area contributed by atoms with Gasteiger partial charge in [0.05, 0.1) is 5.56 Å². The van der Waals surface area contributed by atoms with Gasteiger partial charge in [0.1, 0.15) is 0 Å². The summed E-state index contributed by atoms with van der Waals surface area (Å²) in [7, 11) is 1.64. The molecule has 0 spiro atoms. The molecule has 0 aromatic heterocycles. The van der Waals surface area contributed by atoms with Crippen LogP contribution in [-0.4, -0.2) is 48.1 Å². The van der Waals surface area contributed by atoms with Crippen molar-refractivity contribution in [3.63, 3.8) is 0 Å². The van der Waals surface area contributed by atoms with Crippen LogP contribution in [0.1, 0.15) is 22.8 Å². The van der Waals surface area contributed by atoms with Gasteiger partial charge in [-0.3, -0.25) is 4.79 Å². The fraction of sp³-hybridized carbons (Fsp3) is 0.357. The molecule has 21 heavy (non-hydrogen) atoms. The van der Waals surface area contributed by atoms with Gasteiger partial charge in [-0.05, 0) is 17.7 Å². The fourth-order valence-electron chi connectivity index (χ4n) is 1.64. The number of hydrogen-bond donors (Lipinski definition) is 3. The lowest BCUT2D eigenvalue weighted by atomic mass is 10.1. The zero-order chi connectivity index (χ0) is 15.8. The average Bonchev–Trinajstić information content (AvgIpc) is 2.43. The van der Waals surface area contributed by atoms with Gasteiger partial charge in [-0.25, -0.2) is 9.59 Å². The molecule has 0 saturated carbocycles. The lowest BCUT2D eigenvalue weighted by Crippen LogP contribution is -2.40. The third kappa shape index (κ3) is 5.94. The molecule has 0 heterocycles. The minimum absolute atomic E-state index is 0.142. The second-order valence-corrected chi connectivity index (χ2v) is 4.57. The van der Waals surface area contributed by atoms with Crippen molar-refractivity contribution >= 4 is 17.9 Å². The van der Waals surface area contributed by atoms with Crippen LogP contribution in [0.4, 0.5) is 4.79 Å². The van der Waals surface area contributed by atoms with Gasteiger partial charge in [-0.15, -0.1) is 0 Å². The van der Waals surface area contributed by atoms with Gasteiger partial charge in [0.2, 0.25) is 5.91 Å². The molecule has 1 aromatic carbocycles. The fourth-order valence-corrected chi connectivity index (χ4v) is 1.64. The largest absolute Gasteiger partial charge is 0.478 e. The van der Waals surface area contributed by atoms with Crippen LogP contribution in [0.3, 0.4) is 0 Å². The molecule has 7 nitrogen and oxygen atoms in total. The Morgan fingerprint density at radius 1 is 1.10 bits per heavy atom. The molecule has 0 aliphatic heterocycles. The first kappa shape index (κ1) is 16.5. The number of urea groups is 1. The number of nitrogens with one attached hydrogen (secondary N) is 2. The summed E-state index contributed by atoms with van der Waals surface area (Å²) in [6.45, 7) is 2.50. The predicted molar refractivity (Wildman–Crippen MR) is 77.0 cm³/mol. The van der Waals surface area contributed by atoms with Crippen LogP contribution >= 0.6 is 0 Å². The smallest absolute Gasteiger partial charge is 0.335 e. The molecule has 114 valence electrons. The summed E-state index contributed by atoms with van der Waals surface area (Å²) in [4.78, 5) is 34.6. The monoisotopic (exact) mass is 293 g/mol. The van der Waals surface area contributed by atoms with Crippen LogP contribution in [0.5, 0.6) is 0 Å². The van der Waals surface area contributed by atoms with E-state index in [9.17, 15) is 14.4 Å². The van der Waals surface area contributed by atoms with Crippen LogP contribution in [0, 0.1) is 0 Å². The number of carbonyl (C=O) groups is 3. The van der Waals surface area contributed by atoms with Crippen LogP contribution in [-0.2, 0) is 11.3 Å². The first-order valence-corrected chi connectivity index (χ1v) is 6.46. The highest BCUT2D eigenvalue weighted by Crippen LogP contribution is 2.06. The first-order valence-electron chi connectivity index (χ1n) is 6.46. The van der Waals surface area contributed by atoms with Gasteiger partial charge in [0.25, 0.3) is 0 Å². The Morgan fingerprint density at radius 2 is 1.67 bits per heavy atom. The molecule has 3 amide bonds. The molecule has 0 atom stereocenters. The second-order valence-electron chi connectivity index (χ2n) is 4.57. The van der Waals surface area contributed by atoms with E-state index >= 15 is 0 Å². The summed E-state index contributed by atoms with van der Waals surface area (Å²) in [5.74, 6) is -1.12. The Balaban J connectivity index is 2.41. The molecule has 0 aliphatic carbocycles. The number of nitrogens with zero attached hydrogens (tertiary/aromatic N) is 1. The van der Waals surface area contributed by atoms with Crippen LogP contribution in [0.25, 0.3) is 0 Å². The van der Waals surface area contributed by atoms with Crippen LogP contribution < -0.4 is 10.6 Å². The summed E-state index contributed by atoms with van der Waals surface area (Å²) in [6, 6.07) is 6.08. The highest BCUT2D eigenvalue weighted by atomic mass is 16.4. The van der Waals surface area contributed by atoms with Crippen LogP contribution in [0.2, 0.25) is 0 Å². The standard InChI is InChI=1S/C14H19N3O4/c1-10(18)15-7-8-16-14(21)17(2)9-11-3-5-12(6-4-11)13(19)20/h3-6H,7-9H2,1-2H3,(H,15,18)(H,16,21)(H,19,20). The predicted octanol–water partition coefficient (Wildman–Crippen LogP) is 0.662. The quantitative estimate of drug-likeness (QED) is 0.671. The number of carboxylic acids is 1. The molecule has 0 unspecified atom stereocenters. The van der Waals surface area contributed by atoms with Crippen molar-refractivity contribution in [2.45, 2.75) is 13.5 Å². The number of aromatic carboxylic acids is 1.